The van der Waals surface area contributed by atoms with Crippen molar-refractivity contribution in [2.24, 2.45) is 11.3 Å². The molecule has 1 saturated carbocycles. The van der Waals surface area contributed by atoms with Gasteiger partial charge in [0.1, 0.15) is 5.75 Å². The number of ether oxygens (including phenoxy) is 2. The number of hydrogen-bond donors (Lipinski definition) is 3. The van der Waals surface area contributed by atoms with Crippen molar-refractivity contribution in [1.82, 2.24) is 9.88 Å². The van der Waals surface area contributed by atoms with E-state index < -0.39 is 17.3 Å². The number of nitrogens with one attached hydrogen (secondary N) is 2. The summed E-state index contributed by atoms with van der Waals surface area (Å²) in [4.78, 5) is 17.6. The fraction of sp³-hybridized carbons (Fsp3) is 0.531. The number of fused-ring (bicyclic) bond motifs is 1. The van der Waals surface area contributed by atoms with Crippen molar-refractivity contribution in [2.75, 3.05) is 38.7 Å². The minimum atomic E-state index is -2.61. The molecule has 0 radical (unpaired) electrons. The molecule has 0 bridgehead atoms. The first-order chi connectivity index (χ1) is 19.7. The Kier molecular flexibility index (Phi) is 7.44. The summed E-state index contributed by atoms with van der Waals surface area (Å²) in [6.45, 7) is 5.49. The summed E-state index contributed by atoms with van der Waals surface area (Å²) in [6, 6.07) is 9.20. The first kappa shape index (κ1) is 28.0. The van der Waals surface area contributed by atoms with Crippen molar-refractivity contribution in [3.8, 4) is 5.75 Å². The van der Waals surface area contributed by atoms with E-state index in [0.717, 1.165) is 65.1 Å². The Morgan fingerprint density at radius 3 is 2.71 bits per heavy atom. The van der Waals surface area contributed by atoms with E-state index in [-0.39, 0.29) is 24.4 Å². The number of carbonyl (C=O) groups is 1. The highest BCUT2D eigenvalue weighted by atomic mass is 19.3. The second kappa shape index (κ2) is 10.9. The molecule has 9 heteroatoms. The second-order valence-electron chi connectivity index (χ2n) is 12.3. The van der Waals surface area contributed by atoms with Gasteiger partial charge in [-0.3, -0.25) is 4.90 Å². The monoisotopic (exact) mass is 567 g/mol. The summed E-state index contributed by atoms with van der Waals surface area (Å²) in [5.41, 5.74) is 4.77. The zero-order valence-corrected chi connectivity index (χ0v) is 23.8. The Morgan fingerprint density at radius 1 is 1.22 bits per heavy atom. The van der Waals surface area contributed by atoms with Gasteiger partial charge in [-0.15, -0.1) is 0 Å². The number of halogens is 2. The van der Waals surface area contributed by atoms with Crippen LogP contribution in [0.15, 0.2) is 36.5 Å². The zero-order chi connectivity index (χ0) is 28.8. The molecule has 2 aromatic carbocycles. The molecular weight excluding hydrogens is 528 g/mol. The average molecular weight is 568 g/mol. The van der Waals surface area contributed by atoms with Gasteiger partial charge in [0.05, 0.1) is 12.7 Å². The molecule has 2 aliphatic heterocycles. The summed E-state index contributed by atoms with van der Waals surface area (Å²) in [5, 5.41) is 14.4. The maximum atomic E-state index is 14.2. The molecule has 1 unspecified atom stereocenters. The fourth-order valence-corrected chi connectivity index (χ4v) is 7.36. The van der Waals surface area contributed by atoms with Crippen LogP contribution in [0.4, 0.5) is 14.5 Å². The number of nitrogens with zero attached hydrogens (tertiary/aromatic N) is 1. The highest BCUT2D eigenvalue weighted by molar-refractivity contribution is 5.89. The summed E-state index contributed by atoms with van der Waals surface area (Å²) < 4.78 is 39.8. The number of aromatic amines is 1. The minimum Gasteiger partial charge on any atom is -0.496 e. The molecule has 41 heavy (non-hydrogen) atoms. The third-order valence-electron chi connectivity index (χ3n) is 9.54. The molecule has 3 N–H and O–H groups in total. The summed E-state index contributed by atoms with van der Waals surface area (Å²) in [6.07, 6.45) is 4.98. The Balaban J connectivity index is 1.37. The number of anilines is 1. The van der Waals surface area contributed by atoms with Gasteiger partial charge in [-0.25, -0.2) is 13.6 Å². The van der Waals surface area contributed by atoms with Gasteiger partial charge < -0.3 is 24.9 Å². The number of benzene rings is 2. The number of methoxy groups -OCH3 is 1. The summed E-state index contributed by atoms with van der Waals surface area (Å²) in [7, 11) is 1.68. The van der Waals surface area contributed by atoms with Gasteiger partial charge in [-0.05, 0) is 85.9 Å². The third-order valence-corrected chi connectivity index (χ3v) is 9.54. The first-order valence-electron chi connectivity index (χ1n) is 14.6. The third kappa shape index (κ3) is 5.54. The fourth-order valence-electron chi connectivity index (χ4n) is 7.36. The van der Waals surface area contributed by atoms with E-state index in [1.54, 1.807) is 19.2 Å². The number of aromatic carboxylic acids is 1. The molecular formula is C32H39F2N3O4. The lowest BCUT2D eigenvalue weighted by Gasteiger charge is -2.55. The van der Waals surface area contributed by atoms with Crippen LogP contribution in [0.3, 0.4) is 0 Å². The number of hydrogen-bond acceptors (Lipinski definition) is 5. The largest absolute Gasteiger partial charge is 0.496 e. The van der Waals surface area contributed by atoms with Gasteiger partial charge in [0.15, 0.2) is 0 Å². The Labute approximate surface area is 239 Å². The zero-order valence-electron chi connectivity index (χ0n) is 23.8. The van der Waals surface area contributed by atoms with Crippen molar-refractivity contribution in [3.63, 3.8) is 0 Å². The van der Waals surface area contributed by atoms with Crippen molar-refractivity contribution >= 4 is 22.6 Å². The number of H-pyrrole nitrogens is 1. The minimum absolute atomic E-state index is 0.0850. The van der Waals surface area contributed by atoms with E-state index in [0.29, 0.717) is 38.4 Å². The van der Waals surface area contributed by atoms with Gasteiger partial charge in [-0.1, -0.05) is 6.07 Å². The van der Waals surface area contributed by atoms with E-state index in [9.17, 15) is 18.7 Å². The summed E-state index contributed by atoms with van der Waals surface area (Å²) >= 11 is 0. The molecule has 3 heterocycles. The number of likely N-dealkylation sites (tertiary alicyclic amines) is 1. The number of rotatable bonds is 8. The van der Waals surface area contributed by atoms with Gasteiger partial charge >= 0.3 is 5.97 Å². The molecule has 1 aliphatic carbocycles. The van der Waals surface area contributed by atoms with Crippen molar-refractivity contribution in [3.05, 3.63) is 58.8 Å². The second-order valence-corrected chi connectivity index (χ2v) is 12.3. The van der Waals surface area contributed by atoms with E-state index >= 15 is 0 Å². The van der Waals surface area contributed by atoms with Gasteiger partial charge in [0.2, 0.25) is 5.92 Å². The lowest BCUT2D eigenvalue weighted by molar-refractivity contribution is -0.186. The Bertz CT molecular complexity index is 1420. The maximum absolute atomic E-state index is 14.2. The van der Waals surface area contributed by atoms with Gasteiger partial charge in [0.25, 0.3) is 0 Å². The molecule has 0 amide bonds. The molecule has 220 valence electrons. The van der Waals surface area contributed by atoms with Gasteiger partial charge in [0, 0.05) is 73.5 Å². The molecule has 1 aromatic heterocycles. The van der Waals surface area contributed by atoms with Gasteiger partial charge in [-0.2, -0.15) is 0 Å². The van der Waals surface area contributed by atoms with Crippen LogP contribution in [0.2, 0.25) is 0 Å². The van der Waals surface area contributed by atoms with Crippen molar-refractivity contribution in [1.29, 1.82) is 0 Å². The van der Waals surface area contributed by atoms with E-state index in [1.165, 1.54) is 0 Å². The molecule has 7 nitrogen and oxygen atoms in total. The number of alkyl halides is 2. The van der Waals surface area contributed by atoms with Crippen LogP contribution in [0.5, 0.6) is 5.75 Å². The Hall–Kier alpha value is -3.17. The predicted octanol–water partition coefficient (Wildman–Crippen LogP) is 6.77. The number of aromatic nitrogens is 1. The lowest BCUT2D eigenvalue weighted by Crippen LogP contribution is -2.53. The smallest absolute Gasteiger partial charge is 0.335 e. The van der Waals surface area contributed by atoms with Crippen LogP contribution in [0, 0.1) is 18.3 Å². The number of piperidine rings is 1. The molecule has 1 atom stereocenters. The number of carboxylic acid groups (broad SMARTS) is 1. The normalized spacial score (nSPS) is 22.5. The van der Waals surface area contributed by atoms with Crippen LogP contribution < -0.4 is 10.1 Å². The molecule has 2 saturated heterocycles. The predicted molar refractivity (Wildman–Crippen MR) is 154 cm³/mol. The Morgan fingerprint density at radius 2 is 2.00 bits per heavy atom. The quantitative estimate of drug-likeness (QED) is 0.278. The summed E-state index contributed by atoms with van der Waals surface area (Å²) in [5.74, 6) is -2.35. The first-order valence-corrected chi connectivity index (χ1v) is 14.6. The highest BCUT2D eigenvalue weighted by Gasteiger charge is 2.58. The molecule has 3 fully saturated rings. The van der Waals surface area contributed by atoms with Crippen LogP contribution >= 0.6 is 0 Å². The number of aryl methyl sites for hydroxylation is 1. The topological polar surface area (TPSA) is 86.8 Å². The van der Waals surface area contributed by atoms with Crippen LogP contribution in [-0.4, -0.2) is 60.3 Å². The van der Waals surface area contributed by atoms with Crippen LogP contribution in [0.25, 0.3) is 10.9 Å². The van der Waals surface area contributed by atoms with Crippen molar-refractivity contribution in [2.45, 2.75) is 64.0 Å². The SMILES string of the molecule is COc1cc(C)c2[nH]ccc2c1CN1CCC2(CC1c1ccc(C(=O)O)cc1NCC1CCOCC1)CC(F)(F)C2. The molecule has 3 aliphatic rings. The van der Waals surface area contributed by atoms with Crippen LogP contribution in [-0.2, 0) is 11.3 Å². The average Bonchev–Trinajstić information content (AvgIpc) is 3.44. The van der Waals surface area contributed by atoms with Crippen LogP contribution in [0.1, 0.15) is 71.6 Å². The standard InChI is InChI=1S/C32H39F2N3O4/c1-20-13-28(40-2)25(23-5-9-35-29(20)23)17-37-10-8-31(18-32(33,34)19-31)15-27(37)24-4-3-22(30(38)39)14-26(24)36-16-21-6-11-41-12-7-21/h3-5,9,13-14,21,27,35-36H,6-8,10-12,15-19H2,1-2H3,(H,38,39). The number of carboxylic acids is 1. The van der Waals surface area contributed by atoms with Crippen molar-refractivity contribution < 1.29 is 28.2 Å². The molecule has 1 spiro atoms. The highest BCUT2D eigenvalue weighted by Crippen LogP contribution is 2.61. The molecule has 6 rings (SSSR count). The van der Waals surface area contributed by atoms with E-state index in [1.807, 2.05) is 18.3 Å². The maximum Gasteiger partial charge on any atom is 0.335 e. The molecule has 3 aromatic rings. The van der Waals surface area contributed by atoms with E-state index in [2.05, 4.69) is 28.2 Å². The van der Waals surface area contributed by atoms with E-state index in [4.69, 9.17) is 9.47 Å². The lowest BCUT2D eigenvalue weighted by atomic mass is 9.58.